The molecule has 0 saturated heterocycles. The van der Waals surface area contributed by atoms with Crippen molar-refractivity contribution < 1.29 is 4.92 Å². The summed E-state index contributed by atoms with van der Waals surface area (Å²) in [6.45, 7) is 4.58. The molecule has 20 heavy (non-hydrogen) atoms. The van der Waals surface area contributed by atoms with Crippen molar-refractivity contribution in [2.75, 3.05) is 5.32 Å². The van der Waals surface area contributed by atoms with E-state index in [2.05, 4.69) is 19.2 Å². The van der Waals surface area contributed by atoms with Crippen LogP contribution in [0.4, 0.5) is 11.4 Å². The van der Waals surface area contributed by atoms with Crippen LogP contribution >= 0.6 is 0 Å². The molecular weight excluding hydrogens is 252 g/mol. The van der Waals surface area contributed by atoms with Crippen LogP contribution < -0.4 is 5.32 Å². The third-order valence-corrected chi connectivity index (χ3v) is 4.42. The Labute approximate surface area is 120 Å². The molecule has 0 amide bonds. The van der Waals surface area contributed by atoms with Crippen molar-refractivity contribution in [1.29, 1.82) is 0 Å². The van der Waals surface area contributed by atoms with Gasteiger partial charge in [-0.1, -0.05) is 38.8 Å². The quantitative estimate of drug-likeness (QED) is 0.496. The highest BCUT2D eigenvalue weighted by Gasteiger charge is 2.22. The number of hydrogen-bond acceptors (Lipinski definition) is 3. The number of nitro groups is 1. The molecule has 1 aliphatic carbocycles. The predicted octanol–water partition coefficient (Wildman–Crippen LogP) is 4.61. The second kappa shape index (κ2) is 6.73. The lowest BCUT2D eigenvalue weighted by Gasteiger charge is -2.19. The molecule has 2 rings (SSSR count). The molecule has 0 radical (unpaired) electrons. The van der Waals surface area contributed by atoms with Gasteiger partial charge in [-0.3, -0.25) is 10.1 Å². The van der Waals surface area contributed by atoms with Crippen molar-refractivity contribution >= 4 is 11.4 Å². The van der Waals surface area contributed by atoms with E-state index in [4.69, 9.17) is 0 Å². The van der Waals surface area contributed by atoms with Gasteiger partial charge in [0, 0.05) is 12.1 Å². The first-order valence-corrected chi connectivity index (χ1v) is 7.58. The topological polar surface area (TPSA) is 55.2 Å². The molecule has 110 valence electrons. The molecule has 2 unspecified atom stereocenters. The fourth-order valence-electron chi connectivity index (χ4n) is 3.12. The lowest BCUT2D eigenvalue weighted by molar-refractivity contribution is -0.384. The number of rotatable bonds is 4. The first kappa shape index (κ1) is 14.8. The monoisotopic (exact) mass is 276 g/mol. The molecule has 2 atom stereocenters. The summed E-state index contributed by atoms with van der Waals surface area (Å²) in [7, 11) is 0. The van der Waals surface area contributed by atoms with E-state index in [0.29, 0.717) is 11.7 Å². The Morgan fingerprint density at radius 3 is 2.65 bits per heavy atom. The minimum absolute atomic E-state index is 0.178. The summed E-state index contributed by atoms with van der Waals surface area (Å²) in [6.07, 6.45) is 5.92. The van der Waals surface area contributed by atoms with Gasteiger partial charge in [-0.15, -0.1) is 0 Å². The van der Waals surface area contributed by atoms with Crippen molar-refractivity contribution in [2.24, 2.45) is 11.8 Å². The Hall–Kier alpha value is -1.58. The van der Waals surface area contributed by atoms with Gasteiger partial charge in [0.25, 0.3) is 5.69 Å². The Kier molecular flexibility index (Phi) is 4.99. The molecule has 1 aromatic carbocycles. The fraction of sp³-hybridized carbons (Fsp3) is 0.625. The van der Waals surface area contributed by atoms with Gasteiger partial charge in [0.15, 0.2) is 0 Å². The zero-order valence-electron chi connectivity index (χ0n) is 12.3. The first-order valence-electron chi connectivity index (χ1n) is 7.58. The minimum Gasteiger partial charge on any atom is -0.377 e. The maximum Gasteiger partial charge on any atom is 0.292 e. The number of nitrogens with zero attached hydrogens (tertiary/aromatic N) is 1. The van der Waals surface area contributed by atoms with Gasteiger partial charge in [-0.2, -0.15) is 0 Å². The van der Waals surface area contributed by atoms with Crippen LogP contribution in [0.15, 0.2) is 24.3 Å². The number of nitrogens with one attached hydrogen (secondary N) is 1. The zero-order valence-corrected chi connectivity index (χ0v) is 12.3. The van der Waals surface area contributed by atoms with Crippen LogP contribution in [-0.2, 0) is 0 Å². The summed E-state index contributed by atoms with van der Waals surface area (Å²) in [5, 5.41) is 14.4. The van der Waals surface area contributed by atoms with Gasteiger partial charge >= 0.3 is 0 Å². The summed E-state index contributed by atoms with van der Waals surface area (Å²) in [4.78, 5) is 10.7. The van der Waals surface area contributed by atoms with Crippen molar-refractivity contribution in [1.82, 2.24) is 0 Å². The number of benzene rings is 1. The molecule has 1 aromatic rings. The van der Waals surface area contributed by atoms with Crippen molar-refractivity contribution in [3.63, 3.8) is 0 Å². The summed E-state index contributed by atoms with van der Waals surface area (Å²) < 4.78 is 0. The SMILES string of the molecule is CC(C)C1CCCC(Nc2ccccc2[N+](=O)[O-])CC1. The lowest BCUT2D eigenvalue weighted by atomic mass is 9.89. The van der Waals surface area contributed by atoms with Gasteiger partial charge in [0.1, 0.15) is 5.69 Å². The molecule has 4 nitrogen and oxygen atoms in total. The third kappa shape index (κ3) is 3.71. The van der Waals surface area contributed by atoms with Crippen LogP contribution in [0.25, 0.3) is 0 Å². The normalized spacial score (nSPS) is 23.4. The van der Waals surface area contributed by atoms with Crippen LogP contribution in [-0.4, -0.2) is 11.0 Å². The average molecular weight is 276 g/mol. The predicted molar refractivity (Wildman–Crippen MR) is 81.9 cm³/mol. The lowest BCUT2D eigenvalue weighted by Crippen LogP contribution is -2.19. The Morgan fingerprint density at radius 1 is 1.20 bits per heavy atom. The van der Waals surface area contributed by atoms with Gasteiger partial charge < -0.3 is 5.32 Å². The fourth-order valence-corrected chi connectivity index (χ4v) is 3.12. The molecule has 0 heterocycles. The van der Waals surface area contributed by atoms with E-state index in [0.717, 1.165) is 24.7 Å². The molecule has 1 fully saturated rings. The highest BCUT2D eigenvalue weighted by Crippen LogP contribution is 2.32. The van der Waals surface area contributed by atoms with Crippen LogP contribution in [0.2, 0.25) is 0 Å². The summed E-state index contributed by atoms with van der Waals surface area (Å²) in [5.41, 5.74) is 0.836. The van der Waals surface area contributed by atoms with Gasteiger partial charge in [-0.05, 0) is 37.2 Å². The highest BCUT2D eigenvalue weighted by atomic mass is 16.6. The first-order chi connectivity index (χ1) is 9.58. The average Bonchev–Trinajstić information content (AvgIpc) is 2.65. The molecule has 0 aromatic heterocycles. The minimum atomic E-state index is -0.310. The third-order valence-electron chi connectivity index (χ3n) is 4.42. The largest absolute Gasteiger partial charge is 0.377 e. The molecule has 0 spiro atoms. The summed E-state index contributed by atoms with van der Waals surface area (Å²) in [6, 6.07) is 7.30. The Balaban J connectivity index is 2.02. The zero-order chi connectivity index (χ0) is 14.5. The highest BCUT2D eigenvalue weighted by molar-refractivity contribution is 5.61. The standard InChI is InChI=1S/C16H24N2O2/c1-12(2)13-6-5-7-14(11-10-13)17-15-8-3-4-9-16(15)18(19)20/h3-4,8-9,12-14,17H,5-7,10-11H2,1-2H3. The maximum atomic E-state index is 11.0. The van der Waals surface area contributed by atoms with E-state index in [-0.39, 0.29) is 10.6 Å². The second-order valence-electron chi connectivity index (χ2n) is 6.13. The number of hydrogen-bond donors (Lipinski definition) is 1. The van der Waals surface area contributed by atoms with E-state index >= 15 is 0 Å². The van der Waals surface area contributed by atoms with E-state index < -0.39 is 0 Å². The summed E-state index contributed by atoms with van der Waals surface area (Å²) in [5.74, 6) is 1.53. The molecule has 1 saturated carbocycles. The molecule has 0 aliphatic heterocycles. The van der Waals surface area contributed by atoms with E-state index in [9.17, 15) is 10.1 Å². The van der Waals surface area contributed by atoms with E-state index in [1.54, 1.807) is 12.1 Å². The molecule has 1 aliphatic rings. The van der Waals surface area contributed by atoms with E-state index in [1.165, 1.54) is 19.3 Å². The van der Waals surface area contributed by atoms with Crippen LogP contribution in [0.5, 0.6) is 0 Å². The smallest absolute Gasteiger partial charge is 0.292 e. The van der Waals surface area contributed by atoms with E-state index in [1.807, 2.05) is 12.1 Å². The molecule has 1 N–H and O–H groups in total. The van der Waals surface area contributed by atoms with Crippen LogP contribution in [0, 0.1) is 22.0 Å². The maximum absolute atomic E-state index is 11.0. The van der Waals surface area contributed by atoms with Crippen LogP contribution in [0.3, 0.4) is 0 Å². The van der Waals surface area contributed by atoms with Crippen molar-refractivity contribution in [3.05, 3.63) is 34.4 Å². The summed E-state index contributed by atoms with van der Waals surface area (Å²) >= 11 is 0. The van der Waals surface area contributed by atoms with Gasteiger partial charge in [-0.25, -0.2) is 0 Å². The second-order valence-corrected chi connectivity index (χ2v) is 6.13. The van der Waals surface area contributed by atoms with Crippen LogP contribution in [0.1, 0.15) is 46.0 Å². The molecule has 4 heteroatoms. The van der Waals surface area contributed by atoms with Crippen molar-refractivity contribution in [3.8, 4) is 0 Å². The van der Waals surface area contributed by atoms with Gasteiger partial charge in [0.2, 0.25) is 0 Å². The molecular formula is C16H24N2O2. The molecule has 0 bridgehead atoms. The Bertz CT molecular complexity index is 460. The Morgan fingerprint density at radius 2 is 1.95 bits per heavy atom. The number of para-hydroxylation sites is 2. The number of anilines is 1. The number of nitro benzene ring substituents is 1. The van der Waals surface area contributed by atoms with Gasteiger partial charge in [0.05, 0.1) is 4.92 Å². The van der Waals surface area contributed by atoms with Crippen molar-refractivity contribution in [2.45, 2.75) is 52.0 Å².